The summed E-state index contributed by atoms with van der Waals surface area (Å²) >= 11 is 1.71. The third kappa shape index (κ3) is 4.63. The summed E-state index contributed by atoms with van der Waals surface area (Å²) in [5, 5.41) is 4.72. The zero-order valence-electron chi connectivity index (χ0n) is 19.5. The summed E-state index contributed by atoms with van der Waals surface area (Å²) in [7, 11) is 0. The second-order valence-corrected chi connectivity index (χ2v) is 9.91. The van der Waals surface area contributed by atoms with Gasteiger partial charge in [-0.3, -0.25) is 0 Å². The summed E-state index contributed by atoms with van der Waals surface area (Å²) in [5.74, 6) is 3.50. The average molecular weight is 465 g/mol. The molecule has 0 radical (unpaired) electrons. The van der Waals surface area contributed by atoms with Crippen LogP contribution in [-0.4, -0.2) is 11.1 Å². The minimum atomic E-state index is 0.0793. The Morgan fingerprint density at radius 2 is 1.97 bits per heavy atom. The van der Waals surface area contributed by atoms with Gasteiger partial charge in [0, 0.05) is 24.3 Å². The van der Waals surface area contributed by atoms with Crippen LogP contribution in [0.4, 0.5) is 0 Å². The van der Waals surface area contributed by atoms with Crippen molar-refractivity contribution >= 4 is 11.3 Å². The lowest BCUT2D eigenvalue weighted by molar-refractivity contribution is 0.242. The molecule has 3 nitrogen and oxygen atoms in total. The smallest absolute Gasteiger partial charge is 0.135 e. The number of aromatic nitrogens is 1. The van der Waals surface area contributed by atoms with E-state index in [1.807, 2.05) is 38.2 Å². The van der Waals surface area contributed by atoms with E-state index in [-0.39, 0.29) is 6.10 Å². The molecule has 1 heterocycles. The van der Waals surface area contributed by atoms with E-state index in [2.05, 4.69) is 59.8 Å². The Balaban J connectivity index is 1.38. The van der Waals surface area contributed by atoms with Crippen molar-refractivity contribution in [1.29, 1.82) is 0 Å². The summed E-state index contributed by atoms with van der Waals surface area (Å²) < 4.78 is 5.84. The first kappa shape index (κ1) is 22.4. The van der Waals surface area contributed by atoms with Crippen molar-refractivity contribution in [3.05, 3.63) is 95.2 Å². The maximum atomic E-state index is 5.84. The highest BCUT2D eigenvalue weighted by Crippen LogP contribution is 2.41. The number of terminal acetylenes is 1. The molecule has 1 N–H and O–H groups in total. The number of benzene rings is 3. The van der Waals surface area contributed by atoms with Crippen molar-refractivity contribution < 1.29 is 4.74 Å². The van der Waals surface area contributed by atoms with Crippen LogP contribution in [0.15, 0.2) is 72.9 Å². The van der Waals surface area contributed by atoms with Crippen molar-refractivity contribution in [3.63, 3.8) is 0 Å². The third-order valence-corrected chi connectivity index (χ3v) is 7.26. The Hall–Kier alpha value is -3.39. The Bertz CT molecular complexity index is 1330. The lowest BCUT2D eigenvalue weighted by atomic mass is 10.0. The SMILES string of the molecule is C#Cc1cc(-c2ncc(-c3cccc4c3CCC4NCc3ccccc3)s2)ccc1OC(C)C. The van der Waals surface area contributed by atoms with Crippen LogP contribution in [0.5, 0.6) is 5.75 Å². The molecule has 1 aliphatic rings. The van der Waals surface area contributed by atoms with Crippen molar-refractivity contribution in [2.75, 3.05) is 0 Å². The van der Waals surface area contributed by atoms with Crippen LogP contribution in [0.25, 0.3) is 21.0 Å². The minimum absolute atomic E-state index is 0.0793. The highest BCUT2D eigenvalue weighted by molar-refractivity contribution is 7.18. The van der Waals surface area contributed by atoms with Crippen LogP contribution in [0.1, 0.15) is 48.6 Å². The molecule has 0 fully saturated rings. The number of ether oxygens (including phenoxy) is 1. The monoisotopic (exact) mass is 464 g/mol. The van der Waals surface area contributed by atoms with E-state index in [9.17, 15) is 0 Å². The second-order valence-electron chi connectivity index (χ2n) is 8.88. The van der Waals surface area contributed by atoms with Gasteiger partial charge in [-0.1, -0.05) is 54.5 Å². The van der Waals surface area contributed by atoms with Gasteiger partial charge in [0.2, 0.25) is 0 Å². The van der Waals surface area contributed by atoms with Crippen LogP contribution in [0.2, 0.25) is 0 Å². The van der Waals surface area contributed by atoms with E-state index in [0.717, 1.165) is 41.3 Å². The van der Waals surface area contributed by atoms with Crippen LogP contribution < -0.4 is 10.1 Å². The normalized spacial score (nSPS) is 14.7. The molecule has 4 aromatic rings. The predicted octanol–water partition coefficient (Wildman–Crippen LogP) is 7.02. The van der Waals surface area contributed by atoms with Crippen molar-refractivity contribution in [3.8, 4) is 39.1 Å². The number of nitrogens with zero attached hydrogens (tertiary/aromatic N) is 1. The molecule has 5 rings (SSSR count). The number of nitrogens with one attached hydrogen (secondary N) is 1. The fraction of sp³-hybridized carbons (Fsp3) is 0.233. The molecule has 0 saturated heterocycles. The summed E-state index contributed by atoms with van der Waals surface area (Å²) in [4.78, 5) is 5.94. The molecule has 170 valence electrons. The highest BCUT2D eigenvalue weighted by atomic mass is 32.1. The summed E-state index contributed by atoms with van der Waals surface area (Å²) in [6.45, 7) is 4.89. The molecule has 34 heavy (non-hydrogen) atoms. The molecular weight excluding hydrogens is 436 g/mol. The molecule has 1 aromatic heterocycles. The molecule has 0 amide bonds. The Kier molecular flexibility index (Phi) is 6.49. The molecule has 0 bridgehead atoms. The van der Waals surface area contributed by atoms with E-state index in [0.29, 0.717) is 6.04 Å². The van der Waals surface area contributed by atoms with Gasteiger partial charge in [0.1, 0.15) is 10.8 Å². The van der Waals surface area contributed by atoms with Crippen LogP contribution in [0.3, 0.4) is 0 Å². The molecular formula is C30H28N2OS. The van der Waals surface area contributed by atoms with Gasteiger partial charge in [-0.2, -0.15) is 0 Å². The first-order chi connectivity index (χ1) is 16.6. The molecule has 0 aliphatic heterocycles. The fourth-order valence-corrected chi connectivity index (χ4v) is 5.56. The van der Waals surface area contributed by atoms with Gasteiger partial charge < -0.3 is 10.1 Å². The van der Waals surface area contributed by atoms with E-state index in [1.54, 1.807) is 11.3 Å². The number of rotatable bonds is 7. The van der Waals surface area contributed by atoms with E-state index in [4.69, 9.17) is 16.1 Å². The molecule has 1 atom stereocenters. The summed E-state index contributed by atoms with van der Waals surface area (Å²) in [6.07, 6.45) is 10.0. The zero-order valence-corrected chi connectivity index (χ0v) is 20.4. The van der Waals surface area contributed by atoms with Gasteiger partial charge in [-0.15, -0.1) is 17.8 Å². The van der Waals surface area contributed by atoms with Gasteiger partial charge in [0.25, 0.3) is 0 Å². The quantitative estimate of drug-likeness (QED) is 0.298. The van der Waals surface area contributed by atoms with E-state index >= 15 is 0 Å². The van der Waals surface area contributed by atoms with Gasteiger partial charge in [-0.25, -0.2) is 4.98 Å². The van der Waals surface area contributed by atoms with E-state index < -0.39 is 0 Å². The molecule has 0 saturated carbocycles. The summed E-state index contributed by atoms with van der Waals surface area (Å²) in [6, 6.07) is 23.6. The Morgan fingerprint density at radius 1 is 1.12 bits per heavy atom. The van der Waals surface area contributed by atoms with Crippen LogP contribution >= 0.6 is 11.3 Å². The molecule has 1 aliphatic carbocycles. The van der Waals surface area contributed by atoms with Gasteiger partial charge in [-0.05, 0) is 67.1 Å². The molecule has 3 aromatic carbocycles. The first-order valence-electron chi connectivity index (χ1n) is 11.8. The number of thiazole rings is 1. The largest absolute Gasteiger partial charge is 0.490 e. The molecule has 4 heteroatoms. The predicted molar refractivity (Wildman–Crippen MR) is 141 cm³/mol. The van der Waals surface area contributed by atoms with Gasteiger partial charge >= 0.3 is 0 Å². The highest BCUT2D eigenvalue weighted by Gasteiger charge is 2.25. The first-order valence-corrected chi connectivity index (χ1v) is 12.6. The topological polar surface area (TPSA) is 34.2 Å². The van der Waals surface area contributed by atoms with Gasteiger partial charge in [0.05, 0.1) is 16.5 Å². The van der Waals surface area contributed by atoms with E-state index in [1.165, 1.54) is 27.1 Å². The van der Waals surface area contributed by atoms with Crippen LogP contribution in [0, 0.1) is 12.3 Å². The standard InChI is InChI=1S/C30H28N2OS/c1-4-22-17-23(13-16-28(22)33-20(2)3)30-32-19-29(34-30)26-12-8-11-25-24(26)14-15-27(25)31-18-21-9-6-5-7-10-21/h1,5-13,16-17,19-20,27,31H,14-15,18H2,2-3H3. The Morgan fingerprint density at radius 3 is 2.76 bits per heavy atom. The van der Waals surface area contributed by atoms with Gasteiger partial charge in [0.15, 0.2) is 0 Å². The lowest BCUT2D eigenvalue weighted by Crippen LogP contribution is -2.18. The summed E-state index contributed by atoms with van der Waals surface area (Å²) in [5.41, 5.74) is 7.24. The third-order valence-electron chi connectivity index (χ3n) is 6.18. The van der Waals surface area contributed by atoms with Crippen molar-refractivity contribution in [2.24, 2.45) is 0 Å². The minimum Gasteiger partial charge on any atom is -0.490 e. The maximum absolute atomic E-state index is 5.84. The van der Waals surface area contributed by atoms with Crippen molar-refractivity contribution in [2.45, 2.75) is 45.4 Å². The fourth-order valence-electron chi connectivity index (χ4n) is 4.60. The number of hydrogen-bond acceptors (Lipinski definition) is 4. The van der Waals surface area contributed by atoms with Crippen LogP contribution in [-0.2, 0) is 13.0 Å². The Labute approximate surface area is 205 Å². The number of fused-ring (bicyclic) bond motifs is 1. The maximum Gasteiger partial charge on any atom is 0.135 e. The molecule has 1 unspecified atom stereocenters. The number of hydrogen-bond donors (Lipinski definition) is 1. The zero-order chi connectivity index (χ0) is 23.5. The lowest BCUT2D eigenvalue weighted by Gasteiger charge is -2.15. The molecule has 0 spiro atoms. The van der Waals surface area contributed by atoms with Crippen molar-refractivity contribution in [1.82, 2.24) is 10.3 Å². The average Bonchev–Trinajstić information content (AvgIpc) is 3.51. The second kappa shape index (κ2) is 9.85.